The van der Waals surface area contributed by atoms with Crippen molar-refractivity contribution in [2.45, 2.75) is 58.5 Å². The molecule has 0 atom stereocenters. The first-order chi connectivity index (χ1) is 24.0. The summed E-state index contributed by atoms with van der Waals surface area (Å²) in [7, 11) is 0. The van der Waals surface area contributed by atoms with Crippen LogP contribution in [0.2, 0.25) is 0 Å². The molecule has 50 heavy (non-hydrogen) atoms. The Balaban J connectivity index is 1.36. The van der Waals surface area contributed by atoms with Gasteiger partial charge in [-0.25, -0.2) is 0 Å². The zero-order chi connectivity index (χ0) is 34.4. The van der Waals surface area contributed by atoms with Crippen LogP contribution in [0.15, 0.2) is 145 Å². The lowest BCUT2D eigenvalue weighted by atomic mass is 9.99. The van der Waals surface area contributed by atoms with Gasteiger partial charge in [0.1, 0.15) is 33.1 Å². The summed E-state index contributed by atoms with van der Waals surface area (Å²) >= 11 is 0. The number of nitrogens with zero attached hydrogens (tertiary/aromatic N) is 7. The average molecular weight is 652 g/mol. The van der Waals surface area contributed by atoms with E-state index in [0.717, 1.165) is 71.5 Å². The van der Waals surface area contributed by atoms with Crippen molar-refractivity contribution in [3.05, 3.63) is 147 Å². The molecule has 9 rings (SSSR count). The van der Waals surface area contributed by atoms with Crippen LogP contribution >= 0.6 is 0 Å². The number of anilines is 3. The summed E-state index contributed by atoms with van der Waals surface area (Å²) in [4.78, 5) is 33.3. The molecule has 6 aromatic rings. The number of benzene rings is 6. The number of hydrogen-bond acceptors (Lipinski definition) is 7. The van der Waals surface area contributed by atoms with E-state index in [-0.39, 0.29) is 0 Å². The van der Waals surface area contributed by atoms with Gasteiger partial charge in [0.15, 0.2) is 0 Å². The first kappa shape index (κ1) is 30.3. The second-order valence-electron chi connectivity index (χ2n) is 14.7. The smallest absolute Gasteiger partial charge is 0.146 e. The zero-order valence-corrected chi connectivity index (χ0v) is 29.1. The summed E-state index contributed by atoms with van der Waals surface area (Å²) in [6.07, 6.45) is 0. The number of para-hydroxylation sites is 1. The van der Waals surface area contributed by atoms with Crippen LogP contribution in [0.25, 0.3) is 33.0 Å². The maximum atomic E-state index is 5.30. The Morgan fingerprint density at radius 2 is 0.900 bits per heavy atom. The number of hydrogen-bond donors (Lipinski definition) is 0. The SMILES string of the molecule is CC1(C)N=c2cccc(N(c3ccc(-c4ccccc4)c4c3=NC(C)(C)N=4)c3ccc(-c4ccc5ccccc5c4)c4c3=NC(C)(C)N=4)c2=N1. The normalized spacial score (nSPS) is 16.8. The minimum absolute atomic E-state index is 0.575. The van der Waals surface area contributed by atoms with Gasteiger partial charge in [-0.05, 0) is 106 Å². The fourth-order valence-electron chi connectivity index (χ4n) is 7.42. The fraction of sp³-hybridized carbons (Fsp3) is 0.209. The summed E-state index contributed by atoms with van der Waals surface area (Å²) < 4.78 is 0. The highest BCUT2D eigenvalue weighted by Crippen LogP contribution is 2.33. The van der Waals surface area contributed by atoms with Crippen molar-refractivity contribution >= 4 is 27.8 Å². The van der Waals surface area contributed by atoms with E-state index in [0.29, 0.717) is 0 Å². The zero-order valence-electron chi connectivity index (χ0n) is 29.1. The maximum absolute atomic E-state index is 5.30. The largest absolute Gasteiger partial charge is 0.304 e. The lowest BCUT2D eigenvalue weighted by molar-refractivity contribution is 0.549. The Bertz CT molecular complexity index is 2800. The highest BCUT2D eigenvalue weighted by molar-refractivity contribution is 5.88. The highest BCUT2D eigenvalue weighted by atomic mass is 15.2. The molecule has 0 radical (unpaired) electrons. The van der Waals surface area contributed by atoms with Gasteiger partial charge >= 0.3 is 0 Å². The van der Waals surface area contributed by atoms with E-state index >= 15 is 0 Å². The molecule has 3 aliphatic heterocycles. The van der Waals surface area contributed by atoms with Gasteiger partial charge in [-0.15, -0.1) is 0 Å². The van der Waals surface area contributed by atoms with Crippen molar-refractivity contribution in [2.24, 2.45) is 30.0 Å². The molecule has 7 nitrogen and oxygen atoms in total. The van der Waals surface area contributed by atoms with Gasteiger partial charge in [0.25, 0.3) is 0 Å². The molecule has 0 aromatic heterocycles. The summed E-state index contributed by atoms with van der Waals surface area (Å²) in [5, 5.41) is 7.53. The van der Waals surface area contributed by atoms with E-state index in [1.807, 2.05) is 26.0 Å². The number of rotatable bonds is 5. The molecule has 3 heterocycles. The van der Waals surface area contributed by atoms with Crippen LogP contribution in [0.3, 0.4) is 0 Å². The van der Waals surface area contributed by atoms with Crippen molar-refractivity contribution in [3.8, 4) is 22.3 Å². The quantitative estimate of drug-likeness (QED) is 0.207. The molecule has 0 aliphatic carbocycles. The van der Waals surface area contributed by atoms with Crippen LogP contribution in [-0.4, -0.2) is 17.0 Å². The van der Waals surface area contributed by atoms with Gasteiger partial charge in [-0.1, -0.05) is 72.8 Å². The van der Waals surface area contributed by atoms with E-state index < -0.39 is 17.0 Å². The predicted octanol–water partition coefficient (Wildman–Crippen LogP) is 6.61. The van der Waals surface area contributed by atoms with E-state index in [1.165, 1.54) is 10.8 Å². The predicted molar refractivity (Wildman–Crippen MR) is 199 cm³/mol. The molecule has 0 spiro atoms. The molecular formula is C43H37N7. The first-order valence-corrected chi connectivity index (χ1v) is 17.1. The summed E-state index contributed by atoms with van der Waals surface area (Å²) in [5.41, 5.74) is 5.18. The van der Waals surface area contributed by atoms with E-state index in [1.54, 1.807) is 0 Å². The molecule has 244 valence electrons. The average Bonchev–Trinajstić information content (AvgIpc) is 3.72. The molecule has 0 saturated heterocycles. The Morgan fingerprint density at radius 1 is 0.380 bits per heavy atom. The van der Waals surface area contributed by atoms with Crippen LogP contribution in [-0.2, 0) is 0 Å². The van der Waals surface area contributed by atoms with E-state index in [4.69, 9.17) is 30.0 Å². The Labute approximate surface area is 290 Å². The lowest BCUT2D eigenvalue weighted by Gasteiger charge is -2.26. The van der Waals surface area contributed by atoms with E-state index in [9.17, 15) is 0 Å². The maximum Gasteiger partial charge on any atom is 0.146 e. The monoisotopic (exact) mass is 651 g/mol. The van der Waals surface area contributed by atoms with Crippen molar-refractivity contribution < 1.29 is 0 Å². The third-order valence-electron chi connectivity index (χ3n) is 9.44. The molecule has 0 saturated carbocycles. The van der Waals surface area contributed by atoms with Crippen molar-refractivity contribution in [3.63, 3.8) is 0 Å². The lowest BCUT2D eigenvalue weighted by Crippen LogP contribution is -2.38. The Kier molecular flexibility index (Phi) is 6.41. The first-order valence-electron chi connectivity index (χ1n) is 17.1. The van der Waals surface area contributed by atoms with Gasteiger partial charge in [0, 0.05) is 11.1 Å². The van der Waals surface area contributed by atoms with E-state index in [2.05, 4.69) is 136 Å². The Morgan fingerprint density at radius 3 is 1.56 bits per heavy atom. The fourth-order valence-corrected chi connectivity index (χ4v) is 7.42. The highest BCUT2D eigenvalue weighted by Gasteiger charge is 2.30. The standard InChI is InChI=1S/C43H37N7/c1-41(2)44-32-17-12-18-33(38(32)47-41)50(34-23-21-30(27-14-8-7-9-15-27)36-39(34)48-42(3,4)45-36)35-24-22-31(37-40(35)49-43(5,6)46-37)29-20-19-26-13-10-11-16-28(26)25-29/h7-25H,1-6H3. The van der Waals surface area contributed by atoms with Gasteiger partial charge in [0.2, 0.25) is 0 Å². The summed E-state index contributed by atoms with van der Waals surface area (Å²) in [6, 6.07) is 40.4. The molecule has 7 heteroatoms. The van der Waals surface area contributed by atoms with Crippen LogP contribution in [0.1, 0.15) is 41.5 Å². The molecule has 0 fully saturated rings. The molecule has 0 bridgehead atoms. The third kappa shape index (κ3) is 4.95. The minimum atomic E-state index is -0.642. The minimum Gasteiger partial charge on any atom is -0.304 e. The molecule has 6 aromatic carbocycles. The van der Waals surface area contributed by atoms with Crippen LogP contribution in [0, 0.1) is 0 Å². The molecular weight excluding hydrogens is 615 g/mol. The van der Waals surface area contributed by atoms with Gasteiger partial charge in [0.05, 0.1) is 33.1 Å². The van der Waals surface area contributed by atoms with Crippen LogP contribution < -0.4 is 37.0 Å². The Hall–Kier alpha value is -5.82. The molecule has 3 aliphatic rings. The third-order valence-corrected chi connectivity index (χ3v) is 9.44. The summed E-state index contributed by atoms with van der Waals surface area (Å²) in [6.45, 7) is 12.3. The van der Waals surface area contributed by atoms with Crippen LogP contribution in [0.4, 0.5) is 17.1 Å². The van der Waals surface area contributed by atoms with Gasteiger partial charge < -0.3 is 4.90 Å². The topological polar surface area (TPSA) is 77.4 Å². The second-order valence-corrected chi connectivity index (χ2v) is 14.7. The second kappa shape index (κ2) is 10.6. The summed E-state index contributed by atoms with van der Waals surface area (Å²) in [5.74, 6) is 0. The molecule has 0 amide bonds. The van der Waals surface area contributed by atoms with Gasteiger partial charge in [-0.2, -0.15) is 0 Å². The number of fused-ring (bicyclic) bond motifs is 4. The molecule has 0 N–H and O–H groups in total. The van der Waals surface area contributed by atoms with Crippen molar-refractivity contribution in [2.75, 3.05) is 4.90 Å². The van der Waals surface area contributed by atoms with Crippen LogP contribution in [0.5, 0.6) is 0 Å². The van der Waals surface area contributed by atoms with Crippen molar-refractivity contribution in [1.29, 1.82) is 0 Å². The molecule has 0 unspecified atom stereocenters. The van der Waals surface area contributed by atoms with Gasteiger partial charge in [-0.3, -0.25) is 30.0 Å². The van der Waals surface area contributed by atoms with Crippen molar-refractivity contribution in [1.82, 2.24) is 0 Å².